The van der Waals surface area contributed by atoms with E-state index in [1.165, 1.54) is 0 Å². The average Bonchev–Trinajstić information content (AvgIpc) is 2.68. The molecule has 6 heteroatoms. The monoisotopic (exact) mass is 314 g/mol. The van der Waals surface area contributed by atoms with Crippen LogP contribution in [0.4, 0.5) is 0 Å². The van der Waals surface area contributed by atoms with Crippen LogP contribution in [0.25, 0.3) is 0 Å². The molecule has 0 saturated heterocycles. The summed E-state index contributed by atoms with van der Waals surface area (Å²) in [5.41, 5.74) is 8.43. The van der Waals surface area contributed by atoms with Crippen molar-refractivity contribution in [1.82, 2.24) is 15.1 Å². The van der Waals surface area contributed by atoms with E-state index in [2.05, 4.69) is 17.3 Å². The van der Waals surface area contributed by atoms with Gasteiger partial charge in [0.1, 0.15) is 0 Å². The van der Waals surface area contributed by atoms with E-state index in [0.717, 1.165) is 55.6 Å². The molecule has 0 atom stereocenters. The van der Waals surface area contributed by atoms with Gasteiger partial charge in [0, 0.05) is 24.3 Å². The topological polar surface area (TPSA) is 72.9 Å². The summed E-state index contributed by atoms with van der Waals surface area (Å²) in [5.74, 6) is 0.0165. The first kappa shape index (κ1) is 18.0. The highest BCUT2D eigenvalue weighted by Gasteiger charge is 2.24. The summed E-state index contributed by atoms with van der Waals surface area (Å²) in [7, 11) is 0. The summed E-state index contributed by atoms with van der Waals surface area (Å²) in [4.78, 5) is 12.5. The van der Waals surface area contributed by atoms with Gasteiger partial charge in [-0.15, -0.1) is 12.4 Å². The largest absolute Gasteiger partial charge is 0.349 e. The van der Waals surface area contributed by atoms with Crippen molar-refractivity contribution in [3.63, 3.8) is 0 Å². The van der Waals surface area contributed by atoms with Crippen LogP contribution in [-0.2, 0) is 6.54 Å². The molecule has 1 aliphatic carbocycles. The molecule has 120 valence electrons. The number of aromatic nitrogens is 2. The molecule has 21 heavy (non-hydrogen) atoms. The molecule has 1 aromatic rings. The zero-order valence-corrected chi connectivity index (χ0v) is 14.0. The number of hydrogen-bond donors (Lipinski definition) is 2. The lowest BCUT2D eigenvalue weighted by Crippen LogP contribution is -2.40. The minimum Gasteiger partial charge on any atom is -0.349 e. The molecule has 2 rings (SSSR count). The van der Waals surface area contributed by atoms with Crippen LogP contribution in [0.5, 0.6) is 0 Å². The molecule has 1 fully saturated rings. The molecule has 0 radical (unpaired) electrons. The minimum atomic E-state index is 0. The maximum Gasteiger partial charge on any atom is 0.255 e. The molecular formula is C15H27ClN4O. The van der Waals surface area contributed by atoms with Gasteiger partial charge >= 0.3 is 0 Å². The number of halogens is 1. The predicted octanol–water partition coefficient (Wildman–Crippen LogP) is 2.33. The Balaban J connectivity index is 0.00000220. The molecule has 1 aromatic heterocycles. The van der Waals surface area contributed by atoms with Crippen molar-refractivity contribution in [3.05, 3.63) is 17.0 Å². The van der Waals surface area contributed by atoms with Crippen molar-refractivity contribution in [1.29, 1.82) is 0 Å². The molecule has 1 heterocycles. The van der Waals surface area contributed by atoms with Gasteiger partial charge in [-0.05, 0) is 46.0 Å². The second kappa shape index (κ2) is 7.80. The number of carbonyl (C=O) groups is 1. The van der Waals surface area contributed by atoms with E-state index in [-0.39, 0.29) is 24.4 Å². The Kier molecular flexibility index (Phi) is 6.68. The molecule has 0 unspecified atom stereocenters. The Morgan fingerprint density at radius 1 is 1.33 bits per heavy atom. The van der Waals surface area contributed by atoms with Crippen LogP contribution in [-0.4, -0.2) is 27.8 Å². The van der Waals surface area contributed by atoms with Crippen molar-refractivity contribution in [2.45, 2.75) is 71.5 Å². The summed E-state index contributed by atoms with van der Waals surface area (Å²) in [6.45, 7) is 6.85. The zero-order valence-electron chi connectivity index (χ0n) is 13.2. The number of amides is 1. The summed E-state index contributed by atoms with van der Waals surface area (Å²) in [5, 5.41) is 7.61. The summed E-state index contributed by atoms with van der Waals surface area (Å²) >= 11 is 0. The van der Waals surface area contributed by atoms with Crippen LogP contribution in [0, 0.1) is 13.8 Å². The van der Waals surface area contributed by atoms with Gasteiger partial charge in [-0.1, -0.05) is 6.92 Å². The fourth-order valence-electron chi connectivity index (χ4n) is 2.98. The van der Waals surface area contributed by atoms with E-state index in [0.29, 0.717) is 6.04 Å². The standard InChI is InChI=1S/C15H26N4O.ClH/c1-4-9-19-11(3)14(10(2)18-19)15(20)17-13-7-5-12(16)6-8-13;/h12-13H,4-9,16H2,1-3H3,(H,17,20);1H. The van der Waals surface area contributed by atoms with Crippen molar-refractivity contribution < 1.29 is 4.79 Å². The van der Waals surface area contributed by atoms with Gasteiger partial charge in [0.05, 0.1) is 11.3 Å². The number of aryl methyl sites for hydroxylation is 2. The maximum absolute atomic E-state index is 12.5. The molecule has 3 N–H and O–H groups in total. The predicted molar refractivity (Wildman–Crippen MR) is 86.9 cm³/mol. The quantitative estimate of drug-likeness (QED) is 0.896. The first-order chi connectivity index (χ1) is 9.52. The zero-order chi connectivity index (χ0) is 14.7. The van der Waals surface area contributed by atoms with Crippen LogP contribution >= 0.6 is 12.4 Å². The number of hydrogen-bond acceptors (Lipinski definition) is 3. The third-order valence-electron chi connectivity index (χ3n) is 4.15. The Labute approximate surface area is 133 Å². The number of nitrogens with one attached hydrogen (secondary N) is 1. The molecule has 1 amide bonds. The van der Waals surface area contributed by atoms with E-state index in [1.54, 1.807) is 0 Å². The van der Waals surface area contributed by atoms with Crippen LogP contribution < -0.4 is 11.1 Å². The van der Waals surface area contributed by atoms with E-state index in [9.17, 15) is 4.79 Å². The summed E-state index contributed by atoms with van der Waals surface area (Å²) in [6, 6.07) is 0.564. The lowest BCUT2D eigenvalue weighted by atomic mass is 9.91. The Bertz CT molecular complexity index is 478. The van der Waals surface area contributed by atoms with E-state index in [1.807, 2.05) is 18.5 Å². The second-order valence-electron chi connectivity index (χ2n) is 5.85. The number of nitrogens with two attached hydrogens (primary N) is 1. The lowest BCUT2D eigenvalue weighted by Gasteiger charge is -2.26. The van der Waals surface area contributed by atoms with Crippen molar-refractivity contribution >= 4 is 18.3 Å². The molecule has 5 nitrogen and oxygen atoms in total. The molecule has 1 saturated carbocycles. The maximum atomic E-state index is 12.5. The molecule has 1 aliphatic rings. The van der Waals surface area contributed by atoms with Gasteiger partial charge in [-0.2, -0.15) is 5.10 Å². The van der Waals surface area contributed by atoms with Crippen molar-refractivity contribution in [2.24, 2.45) is 5.73 Å². The minimum absolute atomic E-state index is 0. The van der Waals surface area contributed by atoms with Crippen LogP contribution in [0.15, 0.2) is 0 Å². The third kappa shape index (κ3) is 4.20. The number of carbonyl (C=O) groups excluding carboxylic acids is 1. The second-order valence-corrected chi connectivity index (χ2v) is 5.85. The van der Waals surface area contributed by atoms with Gasteiger partial charge < -0.3 is 11.1 Å². The smallest absolute Gasteiger partial charge is 0.255 e. The fourth-order valence-corrected chi connectivity index (χ4v) is 2.98. The molecule has 0 aromatic carbocycles. The molecule has 0 spiro atoms. The number of rotatable bonds is 4. The van der Waals surface area contributed by atoms with Crippen LogP contribution in [0.2, 0.25) is 0 Å². The Morgan fingerprint density at radius 2 is 1.95 bits per heavy atom. The SMILES string of the molecule is CCCn1nc(C)c(C(=O)NC2CCC(N)CC2)c1C.Cl. The lowest BCUT2D eigenvalue weighted by molar-refractivity contribution is 0.0924. The highest BCUT2D eigenvalue weighted by atomic mass is 35.5. The third-order valence-corrected chi connectivity index (χ3v) is 4.15. The Hall–Kier alpha value is -1.07. The van der Waals surface area contributed by atoms with E-state index >= 15 is 0 Å². The number of nitrogens with zero attached hydrogens (tertiary/aromatic N) is 2. The highest BCUT2D eigenvalue weighted by molar-refractivity contribution is 5.96. The summed E-state index contributed by atoms with van der Waals surface area (Å²) < 4.78 is 1.93. The first-order valence-corrected chi connectivity index (χ1v) is 7.63. The summed E-state index contributed by atoms with van der Waals surface area (Å²) in [6.07, 6.45) is 4.97. The van der Waals surface area contributed by atoms with E-state index < -0.39 is 0 Å². The van der Waals surface area contributed by atoms with Gasteiger partial charge in [-0.25, -0.2) is 0 Å². The molecule has 0 aliphatic heterocycles. The highest BCUT2D eigenvalue weighted by Crippen LogP contribution is 2.19. The van der Waals surface area contributed by atoms with Crippen molar-refractivity contribution in [3.8, 4) is 0 Å². The molecule has 0 bridgehead atoms. The first-order valence-electron chi connectivity index (χ1n) is 7.63. The van der Waals surface area contributed by atoms with Crippen LogP contribution in [0.3, 0.4) is 0 Å². The van der Waals surface area contributed by atoms with Gasteiger partial charge in [0.25, 0.3) is 5.91 Å². The average molecular weight is 315 g/mol. The van der Waals surface area contributed by atoms with E-state index in [4.69, 9.17) is 5.73 Å². The molecular weight excluding hydrogens is 288 g/mol. The van der Waals surface area contributed by atoms with Gasteiger partial charge in [-0.3, -0.25) is 9.48 Å². The fraction of sp³-hybridized carbons (Fsp3) is 0.733. The van der Waals surface area contributed by atoms with Gasteiger partial charge in [0.2, 0.25) is 0 Å². The van der Waals surface area contributed by atoms with Crippen LogP contribution in [0.1, 0.15) is 60.8 Å². The normalized spacial score (nSPS) is 21.7. The van der Waals surface area contributed by atoms with Crippen molar-refractivity contribution in [2.75, 3.05) is 0 Å². The Morgan fingerprint density at radius 3 is 2.52 bits per heavy atom. The van der Waals surface area contributed by atoms with Gasteiger partial charge in [0.15, 0.2) is 0 Å².